The third kappa shape index (κ3) is 3.47. The van der Waals surface area contributed by atoms with Crippen LogP contribution in [0.2, 0.25) is 5.02 Å². The molecule has 3 aromatic rings. The Hall–Kier alpha value is -2.51. The highest BCUT2D eigenvalue weighted by atomic mass is 35.5. The van der Waals surface area contributed by atoms with Gasteiger partial charge in [-0.25, -0.2) is 10.4 Å². The van der Waals surface area contributed by atoms with Crippen LogP contribution in [0.5, 0.6) is 0 Å². The first kappa shape index (κ1) is 18.8. The number of carbonyl (C=O) groups is 1. The molecule has 4 rings (SSSR count). The summed E-state index contributed by atoms with van der Waals surface area (Å²) >= 11 is 7.66. The summed E-state index contributed by atoms with van der Waals surface area (Å²) in [5.74, 6) is -0.393. The molecule has 0 saturated carbocycles. The number of benzene rings is 1. The Bertz CT molecular complexity index is 1130. The number of fused-ring (bicyclic) bond motifs is 3. The molecule has 2 heterocycles. The van der Waals surface area contributed by atoms with E-state index in [0.29, 0.717) is 16.0 Å². The first-order chi connectivity index (χ1) is 13.6. The van der Waals surface area contributed by atoms with Gasteiger partial charge in [0.1, 0.15) is 10.9 Å². The molecule has 0 radical (unpaired) electrons. The van der Waals surface area contributed by atoms with Gasteiger partial charge in [0.15, 0.2) is 0 Å². The van der Waals surface area contributed by atoms with Crippen molar-refractivity contribution >= 4 is 45.3 Å². The molecular formula is C20H19ClN4O2S. The smallest absolute Gasteiger partial charge is 0.263 e. The van der Waals surface area contributed by atoms with Crippen LogP contribution in [0.1, 0.15) is 41.8 Å². The Morgan fingerprint density at radius 2 is 2.14 bits per heavy atom. The molecule has 0 aliphatic heterocycles. The summed E-state index contributed by atoms with van der Waals surface area (Å²) in [5, 5.41) is 5.17. The Balaban J connectivity index is 1.57. The number of amides is 1. The van der Waals surface area contributed by atoms with Crippen LogP contribution in [0.25, 0.3) is 10.2 Å². The minimum Gasteiger partial charge on any atom is -0.286 e. The van der Waals surface area contributed by atoms with E-state index in [1.54, 1.807) is 30.4 Å². The molecule has 1 N–H and O–H groups in total. The van der Waals surface area contributed by atoms with E-state index in [4.69, 9.17) is 11.6 Å². The van der Waals surface area contributed by atoms with Crippen LogP contribution in [0, 0.1) is 0 Å². The maximum Gasteiger partial charge on any atom is 0.263 e. The van der Waals surface area contributed by atoms with Crippen molar-refractivity contribution in [2.24, 2.45) is 5.10 Å². The molecule has 144 valence electrons. The molecule has 1 atom stereocenters. The Morgan fingerprint density at radius 1 is 1.36 bits per heavy atom. The molecule has 8 heteroatoms. The van der Waals surface area contributed by atoms with Gasteiger partial charge in [-0.05, 0) is 44.2 Å². The summed E-state index contributed by atoms with van der Waals surface area (Å²) in [5.41, 5.74) is 4.12. The third-order valence-corrected chi connectivity index (χ3v) is 6.52. The number of halogens is 1. The number of aryl methyl sites for hydroxylation is 2. The summed E-state index contributed by atoms with van der Waals surface area (Å²) in [6.07, 6.45) is 7.07. The summed E-state index contributed by atoms with van der Waals surface area (Å²) in [4.78, 5) is 32.0. The average molecular weight is 415 g/mol. The van der Waals surface area contributed by atoms with Gasteiger partial charge in [0.2, 0.25) is 0 Å². The van der Waals surface area contributed by atoms with Crippen LogP contribution in [0.4, 0.5) is 0 Å². The van der Waals surface area contributed by atoms with Crippen molar-refractivity contribution in [2.75, 3.05) is 0 Å². The highest BCUT2D eigenvalue weighted by Gasteiger charge is 2.23. The van der Waals surface area contributed by atoms with Gasteiger partial charge in [-0.1, -0.05) is 29.8 Å². The molecular weight excluding hydrogens is 396 g/mol. The first-order valence-electron chi connectivity index (χ1n) is 9.15. The molecule has 0 unspecified atom stereocenters. The fourth-order valence-corrected chi connectivity index (χ4v) is 4.80. The Labute approximate surface area is 170 Å². The summed E-state index contributed by atoms with van der Waals surface area (Å²) in [6, 6.07) is 6.46. The molecule has 1 amide bonds. The average Bonchev–Trinajstić information content (AvgIpc) is 3.08. The normalized spacial score (nSPS) is 14.9. The van der Waals surface area contributed by atoms with Crippen LogP contribution in [0.15, 0.2) is 40.5 Å². The van der Waals surface area contributed by atoms with Gasteiger partial charge >= 0.3 is 0 Å². The fraction of sp³-hybridized carbons (Fsp3) is 0.300. The minimum atomic E-state index is -0.730. The third-order valence-electron chi connectivity index (χ3n) is 4.98. The molecule has 1 aromatic carbocycles. The second kappa shape index (κ2) is 7.85. The zero-order chi connectivity index (χ0) is 19.7. The molecule has 0 bridgehead atoms. The zero-order valence-electron chi connectivity index (χ0n) is 15.3. The lowest BCUT2D eigenvalue weighted by Gasteiger charge is -2.14. The lowest BCUT2D eigenvalue weighted by molar-refractivity contribution is -0.123. The monoisotopic (exact) mass is 414 g/mol. The number of aromatic nitrogens is 2. The Kier molecular flexibility index (Phi) is 5.28. The second-order valence-corrected chi connectivity index (χ2v) is 8.27. The van der Waals surface area contributed by atoms with Crippen molar-refractivity contribution in [3.63, 3.8) is 0 Å². The van der Waals surface area contributed by atoms with Gasteiger partial charge in [-0.3, -0.25) is 14.2 Å². The van der Waals surface area contributed by atoms with Gasteiger partial charge in [0, 0.05) is 15.5 Å². The van der Waals surface area contributed by atoms with Crippen LogP contribution >= 0.6 is 22.9 Å². The molecule has 1 aliphatic carbocycles. The van der Waals surface area contributed by atoms with Crippen molar-refractivity contribution < 1.29 is 4.79 Å². The fourth-order valence-electron chi connectivity index (χ4n) is 3.40. The first-order valence-corrected chi connectivity index (χ1v) is 10.3. The highest BCUT2D eigenvalue weighted by molar-refractivity contribution is 7.18. The number of rotatable bonds is 4. The van der Waals surface area contributed by atoms with Gasteiger partial charge in [-0.2, -0.15) is 5.10 Å². The predicted molar refractivity (Wildman–Crippen MR) is 112 cm³/mol. The lowest BCUT2D eigenvalue weighted by atomic mass is 9.97. The van der Waals surface area contributed by atoms with Gasteiger partial charge in [0.05, 0.1) is 17.9 Å². The van der Waals surface area contributed by atoms with Crippen molar-refractivity contribution in [1.29, 1.82) is 0 Å². The van der Waals surface area contributed by atoms with Crippen molar-refractivity contribution in [3.05, 3.63) is 62.0 Å². The largest absolute Gasteiger partial charge is 0.286 e. The minimum absolute atomic E-state index is 0.165. The van der Waals surface area contributed by atoms with E-state index in [1.165, 1.54) is 22.0 Å². The number of hydrogen-bond acceptors (Lipinski definition) is 5. The summed E-state index contributed by atoms with van der Waals surface area (Å²) in [7, 11) is 0. The summed E-state index contributed by atoms with van der Waals surface area (Å²) in [6.45, 7) is 1.66. The maximum atomic E-state index is 13.0. The van der Waals surface area contributed by atoms with Crippen molar-refractivity contribution in [3.8, 4) is 0 Å². The number of nitrogens with zero attached hydrogens (tertiary/aromatic N) is 3. The molecule has 1 aliphatic rings. The quantitative estimate of drug-likeness (QED) is 0.522. The topological polar surface area (TPSA) is 76.3 Å². The molecule has 28 heavy (non-hydrogen) atoms. The van der Waals surface area contributed by atoms with Crippen LogP contribution in [0.3, 0.4) is 0 Å². The van der Waals surface area contributed by atoms with E-state index in [9.17, 15) is 9.59 Å². The van der Waals surface area contributed by atoms with Crippen LogP contribution < -0.4 is 11.0 Å². The van der Waals surface area contributed by atoms with E-state index in [-0.39, 0.29) is 5.56 Å². The molecule has 2 aromatic heterocycles. The van der Waals surface area contributed by atoms with Crippen molar-refractivity contribution in [1.82, 2.24) is 15.0 Å². The van der Waals surface area contributed by atoms with Crippen LogP contribution in [-0.2, 0) is 17.6 Å². The second-order valence-electron chi connectivity index (χ2n) is 6.78. The van der Waals surface area contributed by atoms with Crippen LogP contribution in [-0.4, -0.2) is 21.7 Å². The lowest BCUT2D eigenvalue weighted by Crippen LogP contribution is -2.34. The molecule has 0 spiro atoms. The summed E-state index contributed by atoms with van der Waals surface area (Å²) < 4.78 is 1.38. The standard InChI is InChI=1S/C20H19ClN4O2S/c1-12(18(26)24-23-10-13-6-2-4-8-15(13)21)25-11-22-19-17(20(25)27)14-7-3-5-9-16(14)28-19/h2,4,6,8,10-12H,3,5,7,9H2,1H3,(H,24,26)/b23-10+/t12-/m0/s1. The van der Waals surface area contributed by atoms with Gasteiger partial charge in [-0.15, -0.1) is 11.3 Å². The predicted octanol–water partition coefficient (Wildman–Crippen LogP) is 3.70. The molecule has 0 saturated heterocycles. The van der Waals surface area contributed by atoms with Crippen molar-refractivity contribution in [2.45, 2.75) is 38.6 Å². The van der Waals surface area contributed by atoms with E-state index in [1.807, 2.05) is 12.1 Å². The zero-order valence-corrected chi connectivity index (χ0v) is 16.9. The maximum absolute atomic E-state index is 13.0. The number of hydrazone groups is 1. The SMILES string of the molecule is C[C@@H](C(=O)N/N=C/c1ccccc1Cl)n1cnc2sc3c(c2c1=O)CCCC3. The number of hydrogen-bond donors (Lipinski definition) is 1. The van der Waals surface area contributed by atoms with E-state index >= 15 is 0 Å². The van der Waals surface area contributed by atoms with E-state index in [0.717, 1.165) is 36.1 Å². The number of carbonyl (C=O) groups excluding carboxylic acids is 1. The van der Waals surface area contributed by atoms with Gasteiger partial charge in [0.25, 0.3) is 11.5 Å². The highest BCUT2D eigenvalue weighted by Crippen LogP contribution is 2.33. The number of thiophene rings is 1. The number of nitrogens with one attached hydrogen (secondary N) is 1. The molecule has 0 fully saturated rings. The molecule has 6 nitrogen and oxygen atoms in total. The van der Waals surface area contributed by atoms with Gasteiger partial charge < -0.3 is 0 Å². The van der Waals surface area contributed by atoms with E-state index < -0.39 is 11.9 Å². The van der Waals surface area contributed by atoms with E-state index in [2.05, 4.69) is 15.5 Å². The Morgan fingerprint density at radius 3 is 2.96 bits per heavy atom.